The average Bonchev–Trinajstić information content (AvgIpc) is 2.71. The first-order valence-corrected chi connectivity index (χ1v) is 5.17. The Balaban J connectivity index is 2.12. The number of aromatic nitrogens is 4. The SMILES string of the molecule is Cc1nc(C#N)cc(NCc2[nH]ncc2C)n1. The Morgan fingerprint density at radius 1 is 1.41 bits per heavy atom. The lowest BCUT2D eigenvalue weighted by atomic mass is 10.3. The van der Waals surface area contributed by atoms with Crippen LogP contribution >= 0.6 is 0 Å². The summed E-state index contributed by atoms with van der Waals surface area (Å²) in [6, 6.07) is 3.63. The number of rotatable bonds is 3. The number of nitrogens with zero attached hydrogens (tertiary/aromatic N) is 4. The third-order valence-electron chi connectivity index (χ3n) is 2.33. The van der Waals surface area contributed by atoms with Gasteiger partial charge in [0.2, 0.25) is 0 Å². The van der Waals surface area contributed by atoms with Crippen molar-refractivity contribution in [3.8, 4) is 6.07 Å². The molecule has 86 valence electrons. The molecule has 0 fully saturated rings. The number of anilines is 1. The van der Waals surface area contributed by atoms with Gasteiger partial charge in [-0.25, -0.2) is 9.97 Å². The standard InChI is InChI=1S/C11H12N6/c1-7-5-14-17-10(7)6-13-11-3-9(4-12)15-8(2)16-11/h3,5H,6H2,1-2H3,(H,14,17)(H,13,15,16). The van der Waals surface area contributed by atoms with E-state index in [1.165, 1.54) is 0 Å². The van der Waals surface area contributed by atoms with Crippen molar-refractivity contribution in [3.05, 3.63) is 35.0 Å². The monoisotopic (exact) mass is 228 g/mol. The largest absolute Gasteiger partial charge is 0.364 e. The maximum Gasteiger partial charge on any atom is 0.146 e. The molecule has 0 aromatic carbocycles. The van der Waals surface area contributed by atoms with Gasteiger partial charge in [0.05, 0.1) is 18.4 Å². The molecule has 2 aromatic rings. The zero-order chi connectivity index (χ0) is 12.3. The summed E-state index contributed by atoms with van der Waals surface area (Å²) in [5.74, 6) is 1.22. The van der Waals surface area contributed by atoms with Crippen LogP contribution in [-0.2, 0) is 6.54 Å². The number of nitrogens with one attached hydrogen (secondary N) is 2. The predicted octanol–water partition coefficient (Wildman–Crippen LogP) is 1.30. The highest BCUT2D eigenvalue weighted by atomic mass is 15.1. The van der Waals surface area contributed by atoms with E-state index < -0.39 is 0 Å². The molecular weight excluding hydrogens is 216 g/mol. The lowest BCUT2D eigenvalue weighted by Crippen LogP contribution is -2.05. The lowest BCUT2D eigenvalue weighted by Gasteiger charge is -2.05. The molecule has 0 saturated carbocycles. The quantitative estimate of drug-likeness (QED) is 0.826. The van der Waals surface area contributed by atoms with Crippen LogP contribution in [0.5, 0.6) is 0 Å². The second kappa shape index (κ2) is 4.61. The van der Waals surface area contributed by atoms with Crippen LogP contribution in [0.15, 0.2) is 12.3 Å². The maximum atomic E-state index is 8.80. The van der Waals surface area contributed by atoms with Gasteiger partial charge in [-0.3, -0.25) is 5.10 Å². The highest BCUT2D eigenvalue weighted by molar-refractivity contribution is 5.40. The van der Waals surface area contributed by atoms with Crippen molar-refractivity contribution in [3.63, 3.8) is 0 Å². The van der Waals surface area contributed by atoms with E-state index >= 15 is 0 Å². The first-order valence-electron chi connectivity index (χ1n) is 5.17. The first-order chi connectivity index (χ1) is 8.19. The van der Waals surface area contributed by atoms with Crippen molar-refractivity contribution >= 4 is 5.82 Å². The molecule has 0 saturated heterocycles. The van der Waals surface area contributed by atoms with Crippen LogP contribution in [0.3, 0.4) is 0 Å². The summed E-state index contributed by atoms with van der Waals surface area (Å²) in [5, 5.41) is 18.8. The molecule has 17 heavy (non-hydrogen) atoms. The van der Waals surface area contributed by atoms with Crippen LogP contribution in [-0.4, -0.2) is 20.2 Å². The van der Waals surface area contributed by atoms with Gasteiger partial charge in [0.15, 0.2) is 0 Å². The van der Waals surface area contributed by atoms with E-state index in [9.17, 15) is 0 Å². The molecule has 0 amide bonds. The molecular formula is C11H12N6. The fraction of sp³-hybridized carbons (Fsp3) is 0.273. The van der Waals surface area contributed by atoms with E-state index in [1.807, 2.05) is 13.0 Å². The Bertz CT molecular complexity index is 566. The Morgan fingerprint density at radius 3 is 2.88 bits per heavy atom. The molecule has 0 radical (unpaired) electrons. The average molecular weight is 228 g/mol. The Morgan fingerprint density at radius 2 is 2.24 bits per heavy atom. The molecule has 2 N–H and O–H groups in total. The molecule has 0 atom stereocenters. The van der Waals surface area contributed by atoms with E-state index in [0.717, 1.165) is 11.3 Å². The number of aryl methyl sites for hydroxylation is 2. The summed E-state index contributed by atoms with van der Waals surface area (Å²) in [6.07, 6.45) is 1.77. The highest BCUT2D eigenvalue weighted by Gasteiger charge is 2.03. The van der Waals surface area contributed by atoms with E-state index in [2.05, 4.69) is 25.5 Å². The van der Waals surface area contributed by atoms with Crippen LogP contribution in [0, 0.1) is 25.2 Å². The van der Waals surface area contributed by atoms with Crippen molar-refractivity contribution in [2.45, 2.75) is 20.4 Å². The zero-order valence-electron chi connectivity index (χ0n) is 9.65. The van der Waals surface area contributed by atoms with Crippen LogP contribution < -0.4 is 5.32 Å². The molecule has 0 aliphatic heterocycles. The van der Waals surface area contributed by atoms with Crippen molar-refractivity contribution in [1.82, 2.24) is 20.2 Å². The van der Waals surface area contributed by atoms with Gasteiger partial charge in [-0.1, -0.05) is 0 Å². The Kier molecular flexibility index (Phi) is 3.01. The van der Waals surface area contributed by atoms with Gasteiger partial charge < -0.3 is 5.32 Å². The van der Waals surface area contributed by atoms with Crippen LogP contribution in [0.2, 0.25) is 0 Å². The fourth-order valence-electron chi connectivity index (χ4n) is 1.45. The van der Waals surface area contributed by atoms with Gasteiger partial charge in [0, 0.05) is 6.07 Å². The van der Waals surface area contributed by atoms with Crippen molar-refractivity contribution in [2.24, 2.45) is 0 Å². The smallest absolute Gasteiger partial charge is 0.146 e. The minimum absolute atomic E-state index is 0.362. The van der Waals surface area contributed by atoms with E-state index in [0.29, 0.717) is 23.9 Å². The topological polar surface area (TPSA) is 90.3 Å². The van der Waals surface area contributed by atoms with E-state index in [4.69, 9.17) is 5.26 Å². The maximum absolute atomic E-state index is 8.80. The molecule has 2 rings (SSSR count). The van der Waals surface area contributed by atoms with Gasteiger partial charge >= 0.3 is 0 Å². The number of hydrogen-bond acceptors (Lipinski definition) is 5. The predicted molar refractivity (Wildman–Crippen MR) is 62.1 cm³/mol. The van der Waals surface area contributed by atoms with Gasteiger partial charge in [0.25, 0.3) is 0 Å². The van der Waals surface area contributed by atoms with Crippen LogP contribution in [0.1, 0.15) is 22.8 Å². The van der Waals surface area contributed by atoms with Crippen molar-refractivity contribution in [1.29, 1.82) is 5.26 Å². The van der Waals surface area contributed by atoms with Crippen LogP contribution in [0.4, 0.5) is 5.82 Å². The minimum Gasteiger partial charge on any atom is -0.364 e. The summed E-state index contributed by atoms with van der Waals surface area (Å²) in [7, 11) is 0. The summed E-state index contributed by atoms with van der Waals surface area (Å²) in [4.78, 5) is 8.19. The first kappa shape index (κ1) is 11.1. The zero-order valence-corrected chi connectivity index (χ0v) is 9.65. The van der Waals surface area contributed by atoms with E-state index in [1.54, 1.807) is 19.2 Å². The number of nitriles is 1. The number of H-pyrrole nitrogens is 1. The summed E-state index contributed by atoms with van der Waals surface area (Å²) >= 11 is 0. The second-order valence-electron chi connectivity index (χ2n) is 3.68. The highest BCUT2D eigenvalue weighted by Crippen LogP contribution is 2.09. The second-order valence-corrected chi connectivity index (χ2v) is 3.68. The van der Waals surface area contributed by atoms with Gasteiger partial charge in [-0.2, -0.15) is 10.4 Å². The molecule has 6 heteroatoms. The van der Waals surface area contributed by atoms with Crippen LogP contribution in [0.25, 0.3) is 0 Å². The Hall–Kier alpha value is -2.42. The lowest BCUT2D eigenvalue weighted by molar-refractivity contribution is 0.954. The summed E-state index contributed by atoms with van der Waals surface area (Å²) in [5.41, 5.74) is 2.45. The molecule has 6 nitrogen and oxygen atoms in total. The molecule has 0 unspecified atom stereocenters. The van der Waals surface area contributed by atoms with Gasteiger partial charge in [-0.05, 0) is 19.4 Å². The molecule has 0 bridgehead atoms. The molecule has 2 heterocycles. The minimum atomic E-state index is 0.362. The number of aromatic amines is 1. The van der Waals surface area contributed by atoms with Gasteiger partial charge in [-0.15, -0.1) is 0 Å². The normalized spacial score (nSPS) is 9.94. The molecule has 2 aromatic heterocycles. The third kappa shape index (κ3) is 2.58. The summed E-state index contributed by atoms with van der Waals surface area (Å²) < 4.78 is 0. The third-order valence-corrected chi connectivity index (χ3v) is 2.33. The molecule has 0 spiro atoms. The molecule has 0 aliphatic rings. The summed E-state index contributed by atoms with van der Waals surface area (Å²) in [6.45, 7) is 4.33. The van der Waals surface area contributed by atoms with Gasteiger partial charge in [0.1, 0.15) is 23.4 Å². The van der Waals surface area contributed by atoms with Crippen molar-refractivity contribution < 1.29 is 0 Å². The number of hydrogen-bond donors (Lipinski definition) is 2. The van der Waals surface area contributed by atoms with Crippen molar-refractivity contribution in [2.75, 3.05) is 5.32 Å². The molecule has 0 aliphatic carbocycles. The Labute approximate surface area is 98.7 Å². The van der Waals surface area contributed by atoms with E-state index in [-0.39, 0.29) is 0 Å². The fourth-order valence-corrected chi connectivity index (χ4v) is 1.45.